The number of halogens is 2. The molecule has 25 heavy (non-hydrogen) atoms. The molecule has 0 bridgehead atoms. The summed E-state index contributed by atoms with van der Waals surface area (Å²) >= 11 is 6.13. The minimum Gasteiger partial charge on any atom is -0.365 e. The van der Waals surface area contributed by atoms with Gasteiger partial charge in [-0.25, -0.2) is 14.4 Å². The average Bonchev–Trinajstić information content (AvgIpc) is 2.61. The van der Waals surface area contributed by atoms with Crippen LogP contribution < -0.4 is 11.1 Å². The molecular formula is C17H13ClFN5O. The molecule has 3 aromatic rings. The number of primary amides is 1. The number of rotatable bonds is 5. The van der Waals surface area contributed by atoms with E-state index in [1.165, 1.54) is 30.7 Å². The van der Waals surface area contributed by atoms with Crippen molar-refractivity contribution in [2.45, 2.75) is 6.54 Å². The van der Waals surface area contributed by atoms with E-state index in [9.17, 15) is 9.18 Å². The number of nitrogens with zero attached hydrogens (tertiary/aromatic N) is 3. The highest BCUT2D eigenvalue weighted by molar-refractivity contribution is 6.33. The third-order valence-electron chi connectivity index (χ3n) is 3.44. The molecule has 1 aromatic carbocycles. The summed E-state index contributed by atoms with van der Waals surface area (Å²) in [5.41, 5.74) is 6.74. The van der Waals surface area contributed by atoms with Crippen LogP contribution in [0.15, 0.2) is 48.9 Å². The monoisotopic (exact) mass is 357 g/mol. The van der Waals surface area contributed by atoms with Crippen molar-refractivity contribution >= 4 is 23.3 Å². The first kappa shape index (κ1) is 16.8. The van der Waals surface area contributed by atoms with Crippen LogP contribution in [0.3, 0.4) is 0 Å². The summed E-state index contributed by atoms with van der Waals surface area (Å²) in [7, 11) is 0. The Balaban J connectivity index is 1.86. The lowest BCUT2D eigenvalue weighted by molar-refractivity contribution is 0.0995. The van der Waals surface area contributed by atoms with Crippen LogP contribution in [0.5, 0.6) is 0 Å². The fourth-order valence-electron chi connectivity index (χ4n) is 2.18. The van der Waals surface area contributed by atoms with Crippen molar-refractivity contribution in [3.05, 3.63) is 71.0 Å². The highest BCUT2D eigenvalue weighted by Gasteiger charge is 2.11. The zero-order chi connectivity index (χ0) is 17.8. The van der Waals surface area contributed by atoms with Gasteiger partial charge in [-0.05, 0) is 12.1 Å². The van der Waals surface area contributed by atoms with E-state index in [0.29, 0.717) is 27.7 Å². The summed E-state index contributed by atoms with van der Waals surface area (Å²) in [6, 6.07) is 7.90. The van der Waals surface area contributed by atoms with Gasteiger partial charge in [-0.3, -0.25) is 9.78 Å². The fourth-order valence-corrected chi connectivity index (χ4v) is 2.38. The second-order valence-electron chi connectivity index (χ2n) is 5.15. The third-order valence-corrected chi connectivity index (χ3v) is 3.74. The molecule has 0 aliphatic rings. The minimum absolute atomic E-state index is 0.0749. The smallest absolute Gasteiger partial charge is 0.267 e. The Hall–Kier alpha value is -3.06. The molecule has 0 spiro atoms. The van der Waals surface area contributed by atoms with Gasteiger partial charge >= 0.3 is 0 Å². The summed E-state index contributed by atoms with van der Waals surface area (Å²) in [4.78, 5) is 23.6. The third kappa shape index (κ3) is 3.89. The Morgan fingerprint density at radius 3 is 2.80 bits per heavy atom. The number of hydrogen-bond donors (Lipinski definition) is 2. The molecule has 6 nitrogen and oxygen atoms in total. The lowest BCUT2D eigenvalue weighted by Gasteiger charge is -2.09. The number of carbonyl (C=O) groups excluding carboxylic acids is 1. The Kier molecular flexibility index (Phi) is 4.85. The highest BCUT2D eigenvalue weighted by Crippen LogP contribution is 2.26. The van der Waals surface area contributed by atoms with Crippen molar-refractivity contribution < 1.29 is 9.18 Å². The second-order valence-corrected chi connectivity index (χ2v) is 5.56. The predicted molar refractivity (Wildman–Crippen MR) is 92.5 cm³/mol. The van der Waals surface area contributed by atoms with Crippen LogP contribution in [0.25, 0.3) is 11.3 Å². The van der Waals surface area contributed by atoms with E-state index in [1.54, 1.807) is 18.2 Å². The number of carbonyl (C=O) groups is 1. The first-order valence-electron chi connectivity index (χ1n) is 7.29. The molecule has 2 heterocycles. The van der Waals surface area contributed by atoms with Crippen molar-refractivity contribution in [2.75, 3.05) is 5.32 Å². The van der Waals surface area contributed by atoms with Crippen LogP contribution in [0.4, 0.5) is 10.2 Å². The number of amides is 1. The molecule has 0 radical (unpaired) electrons. The number of pyridine rings is 1. The lowest BCUT2D eigenvalue weighted by Crippen LogP contribution is -2.13. The van der Waals surface area contributed by atoms with Crippen molar-refractivity contribution in [1.29, 1.82) is 0 Å². The van der Waals surface area contributed by atoms with Gasteiger partial charge < -0.3 is 11.1 Å². The summed E-state index contributed by atoms with van der Waals surface area (Å²) in [5, 5.41) is 3.32. The zero-order valence-electron chi connectivity index (χ0n) is 12.9. The number of anilines is 1. The van der Waals surface area contributed by atoms with Crippen molar-refractivity contribution in [3.8, 4) is 11.3 Å². The van der Waals surface area contributed by atoms with Gasteiger partial charge in [0.15, 0.2) is 0 Å². The molecule has 0 fully saturated rings. The van der Waals surface area contributed by atoms with Gasteiger partial charge in [0.1, 0.15) is 17.3 Å². The molecule has 2 aromatic heterocycles. The Labute approximate surface area is 147 Å². The van der Waals surface area contributed by atoms with Crippen LogP contribution in [-0.4, -0.2) is 20.9 Å². The van der Waals surface area contributed by atoms with E-state index in [2.05, 4.69) is 20.3 Å². The maximum absolute atomic E-state index is 13.7. The molecule has 0 saturated heterocycles. The van der Waals surface area contributed by atoms with Gasteiger partial charge in [-0.1, -0.05) is 29.8 Å². The minimum atomic E-state index is -0.667. The van der Waals surface area contributed by atoms with Crippen molar-refractivity contribution in [1.82, 2.24) is 15.0 Å². The summed E-state index contributed by atoms with van der Waals surface area (Å²) < 4.78 is 13.7. The zero-order valence-corrected chi connectivity index (χ0v) is 13.7. The van der Waals surface area contributed by atoms with E-state index in [0.717, 1.165) is 0 Å². The Bertz CT molecular complexity index is 934. The maximum atomic E-state index is 13.7. The Morgan fingerprint density at radius 2 is 2.04 bits per heavy atom. The first-order valence-corrected chi connectivity index (χ1v) is 7.67. The van der Waals surface area contributed by atoms with Crippen LogP contribution >= 0.6 is 11.6 Å². The molecule has 0 atom stereocenters. The molecule has 126 valence electrons. The fraction of sp³-hybridized carbons (Fsp3) is 0.0588. The largest absolute Gasteiger partial charge is 0.365 e. The van der Waals surface area contributed by atoms with Gasteiger partial charge in [0.2, 0.25) is 0 Å². The molecule has 0 aliphatic heterocycles. The molecule has 0 unspecified atom stereocenters. The van der Waals surface area contributed by atoms with E-state index >= 15 is 0 Å². The van der Waals surface area contributed by atoms with Gasteiger partial charge in [0, 0.05) is 23.9 Å². The molecule has 0 aliphatic carbocycles. The molecular weight excluding hydrogens is 345 g/mol. The number of benzene rings is 1. The topological polar surface area (TPSA) is 93.8 Å². The lowest BCUT2D eigenvalue weighted by atomic mass is 10.1. The van der Waals surface area contributed by atoms with Crippen LogP contribution in [-0.2, 0) is 6.54 Å². The summed E-state index contributed by atoms with van der Waals surface area (Å²) in [6.45, 7) is 0.251. The van der Waals surface area contributed by atoms with Gasteiger partial charge in [-0.15, -0.1) is 0 Å². The second kappa shape index (κ2) is 7.23. The molecule has 0 saturated carbocycles. The van der Waals surface area contributed by atoms with Crippen molar-refractivity contribution in [3.63, 3.8) is 0 Å². The highest BCUT2D eigenvalue weighted by atomic mass is 35.5. The number of aromatic nitrogens is 3. The van der Waals surface area contributed by atoms with E-state index in [1.807, 2.05) is 0 Å². The summed E-state index contributed by atoms with van der Waals surface area (Å²) in [5.74, 6) is -0.531. The number of hydrogen-bond acceptors (Lipinski definition) is 5. The van der Waals surface area contributed by atoms with Crippen LogP contribution in [0.1, 0.15) is 16.1 Å². The number of nitrogens with one attached hydrogen (secondary N) is 1. The van der Waals surface area contributed by atoms with Gasteiger partial charge in [0.25, 0.3) is 5.91 Å². The van der Waals surface area contributed by atoms with Crippen LogP contribution in [0, 0.1) is 5.82 Å². The Morgan fingerprint density at radius 1 is 1.24 bits per heavy atom. The van der Waals surface area contributed by atoms with Gasteiger partial charge in [0.05, 0.1) is 23.1 Å². The van der Waals surface area contributed by atoms with Gasteiger partial charge in [-0.2, -0.15) is 0 Å². The molecule has 8 heteroatoms. The molecule has 3 N–H and O–H groups in total. The first-order chi connectivity index (χ1) is 12.0. The number of nitrogens with two attached hydrogens (primary N) is 1. The molecule has 1 amide bonds. The van der Waals surface area contributed by atoms with E-state index < -0.39 is 5.91 Å². The normalized spacial score (nSPS) is 10.5. The quantitative estimate of drug-likeness (QED) is 0.732. The van der Waals surface area contributed by atoms with Crippen molar-refractivity contribution in [2.24, 2.45) is 5.73 Å². The standard InChI is InChI=1S/C17H13ClFN5O/c18-12-7-22-14(17(20)25)5-11(12)15-8-21-9-16(24-15)23-6-10-3-1-2-4-13(10)19/h1-5,7-9H,6H2,(H2,20,25)(H,23,24). The van der Waals surface area contributed by atoms with E-state index in [-0.39, 0.29) is 18.1 Å². The predicted octanol–water partition coefficient (Wildman–Crippen LogP) is 3.04. The summed E-state index contributed by atoms with van der Waals surface area (Å²) in [6.07, 6.45) is 4.34. The SMILES string of the molecule is NC(=O)c1cc(-c2cncc(NCc3ccccc3F)n2)c(Cl)cn1. The maximum Gasteiger partial charge on any atom is 0.267 e. The van der Waals surface area contributed by atoms with E-state index in [4.69, 9.17) is 17.3 Å². The molecule has 3 rings (SSSR count). The van der Waals surface area contributed by atoms with Crippen LogP contribution in [0.2, 0.25) is 5.02 Å². The average molecular weight is 358 g/mol.